The van der Waals surface area contributed by atoms with Gasteiger partial charge >= 0.3 is 0 Å². The number of carbonyl (C=O) groups is 1. The van der Waals surface area contributed by atoms with Gasteiger partial charge in [0.05, 0.1) is 41.1 Å². The molecule has 4 aromatic rings. The Kier molecular flexibility index (Phi) is 3.87. The quantitative estimate of drug-likeness (QED) is 0.575. The Labute approximate surface area is 146 Å². The molecule has 0 aliphatic carbocycles. The average Bonchev–Trinajstić information content (AvgIpc) is 3.40. The molecule has 2 N–H and O–H groups in total. The van der Waals surface area contributed by atoms with Crippen LogP contribution in [0.2, 0.25) is 0 Å². The summed E-state index contributed by atoms with van der Waals surface area (Å²) in [5.41, 5.74) is 2.08. The average molecular weight is 354 g/mol. The largest absolute Gasteiger partial charge is 0.472 e. The van der Waals surface area contributed by atoms with Crippen LogP contribution in [0.25, 0.3) is 10.2 Å². The number of hydrogen-bond acceptors (Lipinski definition) is 6. The lowest BCUT2D eigenvalue weighted by molar-refractivity contribution is 0.0520. The van der Waals surface area contributed by atoms with Crippen molar-refractivity contribution in [2.75, 3.05) is 6.54 Å². The van der Waals surface area contributed by atoms with Crippen molar-refractivity contribution < 1.29 is 18.7 Å². The van der Waals surface area contributed by atoms with E-state index in [1.54, 1.807) is 41.9 Å². The Morgan fingerprint density at radius 2 is 2.20 bits per heavy atom. The van der Waals surface area contributed by atoms with Gasteiger partial charge in [0.2, 0.25) is 0 Å². The highest BCUT2D eigenvalue weighted by molar-refractivity contribution is 7.16. The van der Waals surface area contributed by atoms with Crippen molar-refractivity contribution in [3.05, 3.63) is 77.6 Å². The van der Waals surface area contributed by atoms with Crippen LogP contribution in [0.15, 0.2) is 69.5 Å². The number of hydrogen-bond donors (Lipinski definition) is 2. The number of benzene rings is 1. The van der Waals surface area contributed by atoms with Crippen LogP contribution < -0.4 is 5.32 Å². The third kappa shape index (κ3) is 2.84. The zero-order valence-corrected chi connectivity index (χ0v) is 13.8. The highest BCUT2D eigenvalue weighted by Crippen LogP contribution is 2.30. The van der Waals surface area contributed by atoms with Gasteiger partial charge in [-0.2, -0.15) is 0 Å². The predicted molar refractivity (Wildman–Crippen MR) is 92.4 cm³/mol. The summed E-state index contributed by atoms with van der Waals surface area (Å²) in [4.78, 5) is 16.7. The normalized spacial score (nSPS) is 13.6. The molecule has 3 aromatic heterocycles. The molecular weight excluding hydrogens is 340 g/mol. The van der Waals surface area contributed by atoms with Crippen molar-refractivity contribution in [3.8, 4) is 0 Å². The number of nitrogens with one attached hydrogen (secondary N) is 1. The monoisotopic (exact) mass is 354 g/mol. The Bertz CT molecular complexity index is 955. The number of rotatable bonds is 5. The maximum absolute atomic E-state index is 12.5. The highest BCUT2D eigenvalue weighted by Gasteiger charge is 2.36. The molecule has 1 aromatic carbocycles. The second-order valence-electron chi connectivity index (χ2n) is 5.57. The van der Waals surface area contributed by atoms with Crippen LogP contribution in [0.3, 0.4) is 0 Å². The first-order valence-electron chi connectivity index (χ1n) is 7.57. The molecule has 0 spiro atoms. The van der Waals surface area contributed by atoms with Crippen LogP contribution in [-0.2, 0) is 5.60 Å². The molecule has 0 saturated heterocycles. The zero-order chi connectivity index (χ0) is 17.3. The van der Waals surface area contributed by atoms with E-state index in [-0.39, 0.29) is 12.5 Å². The number of nitrogens with zero attached hydrogens (tertiary/aromatic N) is 1. The zero-order valence-electron chi connectivity index (χ0n) is 13.0. The molecule has 0 fully saturated rings. The lowest BCUT2D eigenvalue weighted by Crippen LogP contribution is -2.41. The number of carbonyl (C=O) groups excluding carboxylic acids is 1. The first-order valence-corrected chi connectivity index (χ1v) is 8.45. The molecule has 4 rings (SSSR count). The fourth-order valence-electron chi connectivity index (χ4n) is 2.65. The van der Waals surface area contributed by atoms with Crippen LogP contribution >= 0.6 is 11.3 Å². The van der Waals surface area contributed by atoms with E-state index in [9.17, 15) is 9.90 Å². The molecule has 0 bridgehead atoms. The molecular formula is C18H14N2O4S. The summed E-state index contributed by atoms with van der Waals surface area (Å²) in [6, 6.07) is 10.3. The number of thiazole rings is 1. The van der Waals surface area contributed by atoms with Gasteiger partial charge in [0.15, 0.2) is 5.60 Å². The maximum atomic E-state index is 12.5. The SMILES string of the molecule is O=C(NC[C@](O)(c1ccoc1)c1ccco1)c1ccc2ncsc2c1. The number of aromatic nitrogens is 1. The van der Waals surface area contributed by atoms with Crippen molar-refractivity contribution in [1.29, 1.82) is 0 Å². The van der Waals surface area contributed by atoms with Gasteiger partial charge in [0.1, 0.15) is 5.76 Å². The lowest BCUT2D eigenvalue weighted by atomic mass is 9.93. The molecule has 1 amide bonds. The Balaban J connectivity index is 1.58. The second-order valence-corrected chi connectivity index (χ2v) is 6.45. The molecule has 1 atom stereocenters. The van der Waals surface area contributed by atoms with Gasteiger partial charge in [0.25, 0.3) is 5.91 Å². The lowest BCUT2D eigenvalue weighted by Gasteiger charge is -2.25. The fraction of sp³-hybridized carbons (Fsp3) is 0.111. The van der Waals surface area contributed by atoms with Gasteiger partial charge in [-0.15, -0.1) is 11.3 Å². The van der Waals surface area contributed by atoms with Crippen molar-refractivity contribution in [3.63, 3.8) is 0 Å². The fourth-order valence-corrected chi connectivity index (χ4v) is 3.37. The third-order valence-electron chi connectivity index (χ3n) is 4.03. The molecule has 0 aliphatic rings. The van der Waals surface area contributed by atoms with E-state index in [4.69, 9.17) is 8.83 Å². The number of aliphatic hydroxyl groups is 1. The highest BCUT2D eigenvalue weighted by atomic mass is 32.1. The van der Waals surface area contributed by atoms with Crippen LogP contribution in [0.1, 0.15) is 21.7 Å². The molecule has 7 heteroatoms. The third-order valence-corrected chi connectivity index (χ3v) is 4.82. The predicted octanol–water partition coefficient (Wildman–Crippen LogP) is 3.15. The summed E-state index contributed by atoms with van der Waals surface area (Å²) >= 11 is 1.47. The Morgan fingerprint density at radius 1 is 1.28 bits per heavy atom. The molecule has 6 nitrogen and oxygen atoms in total. The summed E-state index contributed by atoms with van der Waals surface area (Å²) in [6.45, 7) is -0.0559. The summed E-state index contributed by atoms with van der Waals surface area (Å²) in [7, 11) is 0. The van der Waals surface area contributed by atoms with E-state index in [0.717, 1.165) is 10.2 Å². The maximum Gasteiger partial charge on any atom is 0.251 e. The topological polar surface area (TPSA) is 88.5 Å². The van der Waals surface area contributed by atoms with Gasteiger partial charge in [-0.25, -0.2) is 4.98 Å². The smallest absolute Gasteiger partial charge is 0.251 e. The van der Waals surface area contributed by atoms with Crippen molar-refractivity contribution in [1.82, 2.24) is 10.3 Å². The molecule has 0 aliphatic heterocycles. The summed E-state index contributed by atoms with van der Waals surface area (Å²) in [5, 5.41) is 13.9. The van der Waals surface area contributed by atoms with E-state index >= 15 is 0 Å². The summed E-state index contributed by atoms with van der Waals surface area (Å²) in [5.74, 6) is 0.0379. The minimum Gasteiger partial charge on any atom is -0.472 e. The molecule has 0 unspecified atom stereocenters. The second kappa shape index (κ2) is 6.19. The molecule has 0 radical (unpaired) electrons. The number of furan rings is 2. The summed E-state index contributed by atoms with van der Waals surface area (Å²) in [6.07, 6.45) is 4.36. The first kappa shape index (κ1) is 15.6. The van der Waals surface area contributed by atoms with E-state index in [1.807, 2.05) is 0 Å². The molecule has 126 valence electrons. The van der Waals surface area contributed by atoms with Gasteiger partial charge in [-0.3, -0.25) is 4.79 Å². The molecule has 3 heterocycles. The van der Waals surface area contributed by atoms with Crippen LogP contribution in [0, 0.1) is 0 Å². The van der Waals surface area contributed by atoms with Crippen molar-refractivity contribution in [2.24, 2.45) is 0 Å². The number of fused-ring (bicyclic) bond motifs is 1. The van der Waals surface area contributed by atoms with Crippen molar-refractivity contribution >= 4 is 27.5 Å². The minimum atomic E-state index is -1.51. The van der Waals surface area contributed by atoms with E-state index in [2.05, 4.69) is 10.3 Å². The van der Waals surface area contributed by atoms with E-state index in [1.165, 1.54) is 30.1 Å². The van der Waals surface area contributed by atoms with Crippen LogP contribution in [0.5, 0.6) is 0 Å². The van der Waals surface area contributed by atoms with Gasteiger partial charge < -0.3 is 19.3 Å². The van der Waals surface area contributed by atoms with Gasteiger partial charge in [0, 0.05) is 11.1 Å². The van der Waals surface area contributed by atoms with Gasteiger partial charge in [-0.05, 0) is 36.4 Å². The minimum absolute atomic E-state index is 0.0559. The van der Waals surface area contributed by atoms with E-state index < -0.39 is 5.60 Å². The summed E-state index contributed by atoms with van der Waals surface area (Å²) < 4.78 is 11.4. The van der Waals surface area contributed by atoms with Gasteiger partial charge in [-0.1, -0.05) is 0 Å². The first-order chi connectivity index (χ1) is 12.2. The van der Waals surface area contributed by atoms with Crippen LogP contribution in [0.4, 0.5) is 0 Å². The van der Waals surface area contributed by atoms with Crippen molar-refractivity contribution in [2.45, 2.75) is 5.60 Å². The molecule has 25 heavy (non-hydrogen) atoms. The number of amides is 1. The standard InChI is InChI=1S/C18H14N2O4S/c21-17(12-3-4-14-15(8-12)25-11-20-14)19-10-18(22,13-5-7-23-9-13)16-2-1-6-24-16/h1-9,11,22H,10H2,(H,19,21)/t18-/m0/s1. The Morgan fingerprint density at radius 3 is 2.96 bits per heavy atom. The Hall–Kier alpha value is -2.90. The van der Waals surface area contributed by atoms with Crippen LogP contribution in [-0.4, -0.2) is 22.5 Å². The van der Waals surface area contributed by atoms with E-state index in [0.29, 0.717) is 16.9 Å². The molecule has 0 saturated carbocycles.